The maximum atomic E-state index is 14.7. The summed E-state index contributed by atoms with van der Waals surface area (Å²) in [4.78, 5) is 24.1. The number of rotatable bonds is 11. The molecule has 0 radical (unpaired) electrons. The third-order valence-electron chi connectivity index (χ3n) is 8.04. The molecule has 0 spiro atoms. The third kappa shape index (κ3) is 6.96. The van der Waals surface area contributed by atoms with Crippen molar-refractivity contribution in [3.05, 3.63) is 51.5 Å². The zero-order valence-corrected chi connectivity index (χ0v) is 24.1. The number of piperidine rings is 1. The number of aryl methyl sites for hydroxylation is 1. The van der Waals surface area contributed by atoms with E-state index >= 15 is 0 Å². The van der Waals surface area contributed by atoms with E-state index in [0.717, 1.165) is 66.7 Å². The molecule has 1 amide bonds. The van der Waals surface area contributed by atoms with Gasteiger partial charge in [0, 0.05) is 24.4 Å². The van der Waals surface area contributed by atoms with Crippen molar-refractivity contribution in [1.29, 1.82) is 0 Å². The van der Waals surface area contributed by atoms with Gasteiger partial charge in [0.05, 0.1) is 48.5 Å². The second-order valence-corrected chi connectivity index (χ2v) is 12.4. The van der Waals surface area contributed by atoms with Gasteiger partial charge in [-0.3, -0.25) is 9.69 Å². The zero-order chi connectivity index (χ0) is 27.5. The Balaban J connectivity index is 1.01. The Morgan fingerprint density at radius 1 is 1.33 bits per heavy atom. The fraction of sp³-hybridized carbons (Fsp3) is 0.586. The van der Waals surface area contributed by atoms with Gasteiger partial charge in [-0.2, -0.15) is 0 Å². The molecule has 0 bridgehead atoms. The number of nitrogens with one attached hydrogen (secondary N) is 1. The molecule has 210 valence electrons. The lowest BCUT2D eigenvalue weighted by molar-refractivity contribution is -0.383. The van der Waals surface area contributed by atoms with Crippen LogP contribution in [0.2, 0.25) is 0 Å². The Morgan fingerprint density at radius 3 is 2.79 bits per heavy atom. The molecule has 1 aromatic carbocycles. The van der Waals surface area contributed by atoms with Crippen molar-refractivity contribution >= 4 is 23.3 Å². The summed E-state index contributed by atoms with van der Waals surface area (Å²) < 4.78 is 26.1. The molecule has 1 saturated heterocycles. The Bertz CT molecular complexity index is 1270. The molecule has 2 aliphatic rings. The molecule has 1 aliphatic carbocycles. The quantitative estimate of drug-likeness (QED) is 0.329. The molecule has 1 aliphatic heterocycles. The third-order valence-corrected chi connectivity index (χ3v) is 8.86. The summed E-state index contributed by atoms with van der Waals surface area (Å²) in [6.45, 7) is 9.11. The fourth-order valence-corrected chi connectivity index (χ4v) is 6.15. The van der Waals surface area contributed by atoms with Gasteiger partial charge in [0.15, 0.2) is 0 Å². The number of thiazole rings is 1. The van der Waals surface area contributed by atoms with Crippen LogP contribution in [0.25, 0.3) is 0 Å². The van der Waals surface area contributed by atoms with E-state index in [1.807, 2.05) is 12.3 Å². The summed E-state index contributed by atoms with van der Waals surface area (Å²) in [5, 5.41) is 7.05. The minimum Gasteiger partial charge on any atom is -0.493 e. The lowest BCUT2D eigenvalue weighted by Gasteiger charge is -2.27. The molecule has 2 aromatic heterocycles. The van der Waals surface area contributed by atoms with Crippen LogP contribution in [-0.2, 0) is 17.8 Å². The summed E-state index contributed by atoms with van der Waals surface area (Å²) in [6.07, 6.45) is 4.58. The van der Waals surface area contributed by atoms with Gasteiger partial charge in [-0.1, -0.05) is 19.9 Å². The van der Waals surface area contributed by atoms with Crippen LogP contribution in [-0.4, -0.2) is 47.7 Å². The van der Waals surface area contributed by atoms with E-state index in [9.17, 15) is 9.18 Å². The van der Waals surface area contributed by atoms with E-state index in [2.05, 4.69) is 33.9 Å². The summed E-state index contributed by atoms with van der Waals surface area (Å²) in [5.41, 5.74) is 1.23. The first kappa shape index (κ1) is 27.6. The Labute approximate surface area is 233 Å². The number of aromatic nitrogens is 3. The maximum Gasteiger partial charge on any atom is 0.435 e. The predicted octanol–water partition coefficient (Wildman–Crippen LogP) is 5.04. The maximum absolute atomic E-state index is 14.7. The van der Waals surface area contributed by atoms with Crippen molar-refractivity contribution in [2.24, 2.45) is 17.8 Å². The van der Waals surface area contributed by atoms with Gasteiger partial charge in [-0.05, 0) is 62.0 Å². The van der Waals surface area contributed by atoms with Gasteiger partial charge in [-0.25, -0.2) is 18.9 Å². The Morgan fingerprint density at radius 2 is 2.13 bits per heavy atom. The second-order valence-electron chi connectivity index (χ2n) is 11.3. The number of hydrogen-bond acceptors (Lipinski definition) is 7. The van der Waals surface area contributed by atoms with Gasteiger partial charge < -0.3 is 9.64 Å². The highest BCUT2D eigenvalue weighted by Crippen LogP contribution is 2.49. The molecular formula is C29H39FN5O3S+. The molecule has 8 nitrogen and oxygen atoms in total. The number of aromatic amines is 1. The number of ether oxygens (including phenoxy) is 1. The minimum atomic E-state index is -0.403. The number of hydrogen-bond donors (Lipinski definition) is 0. The van der Waals surface area contributed by atoms with Gasteiger partial charge >= 0.3 is 6.01 Å². The first-order valence-corrected chi connectivity index (χ1v) is 14.8. The average molecular weight is 557 g/mol. The molecule has 3 heterocycles. The standard InChI is InChI=1S/C29H38FN5O3S/c1-18(2)28-32-29(38-33-28)35-10-7-20(8-11-35)25-13-21(25)9-12-37-24-6-5-22(26(30)15-24)14-27(36)34(4)16-23-17-39-19(3)31-23/h5-6,15,17-18,20-21,25H,7-14,16H2,1-4H3/p+1/t21-,25-/m1/s1. The highest BCUT2D eigenvalue weighted by Gasteiger charge is 2.44. The second kappa shape index (κ2) is 12.0. The largest absolute Gasteiger partial charge is 0.493 e. The van der Waals surface area contributed by atoms with Crippen molar-refractivity contribution in [2.45, 2.75) is 65.3 Å². The van der Waals surface area contributed by atoms with E-state index in [0.29, 0.717) is 36.3 Å². The van der Waals surface area contributed by atoms with Crippen molar-refractivity contribution in [3.8, 4) is 5.75 Å². The van der Waals surface area contributed by atoms with E-state index in [1.165, 1.54) is 12.5 Å². The Hall–Kier alpha value is -3.01. The highest BCUT2D eigenvalue weighted by atomic mass is 32.1. The normalized spacial score (nSPS) is 19.5. The first-order valence-electron chi connectivity index (χ1n) is 14.0. The fourth-order valence-electron chi connectivity index (χ4n) is 5.54. The molecular weight excluding hydrogens is 517 g/mol. The topological polar surface area (TPSA) is 85.8 Å². The number of amides is 1. The zero-order valence-electron chi connectivity index (χ0n) is 23.3. The minimum absolute atomic E-state index is 0.0155. The number of benzene rings is 1. The first-order chi connectivity index (χ1) is 18.8. The van der Waals surface area contributed by atoms with Crippen molar-refractivity contribution < 1.29 is 23.4 Å². The van der Waals surface area contributed by atoms with Gasteiger partial charge in [0.25, 0.3) is 5.82 Å². The lowest BCUT2D eigenvalue weighted by atomic mass is 9.90. The Kier molecular flexibility index (Phi) is 8.49. The average Bonchev–Trinajstić information content (AvgIpc) is 3.29. The molecule has 0 unspecified atom stereocenters. The number of carbonyl (C=O) groups excluding carboxylic acids is 1. The van der Waals surface area contributed by atoms with Crippen LogP contribution in [0, 0.1) is 30.5 Å². The van der Waals surface area contributed by atoms with Gasteiger partial charge in [0.2, 0.25) is 5.91 Å². The molecule has 2 fully saturated rings. The summed E-state index contributed by atoms with van der Waals surface area (Å²) in [7, 11) is 1.72. The number of likely N-dealkylation sites (N-methyl/N-ethyl adjacent to an activating group) is 1. The van der Waals surface area contributed by atoms with E-state index in [-0.39, 0.29) is 12.3 Å². The van der Waals surface area contributed by atoms with Crippen LogP contribution < -0.4 is 14.6 Å². The van der Waals surface area contributed by atoms with Crippen LogP contribution in [0.1, 0.15) is 67.5 Å². The number of H-pyrrole nitrogens is 1. The molecule has 1 saturated carbocycles. The number of nitrogens with zero attached hydrogens (tertiary/aromatic N) is 4. The molecule has 10 heteroatoms. The highest BCUT2D eigenvalue weighted by molar-refractivity contribution is 7.09. The van der Waals surface area contributed by atoms with Crippen LogP contribution >= 0.6 is 11.3 Å². The number of halogens is 1. The van der Waals surface area contributed by atoms with Crippen LogP contribution in [0.15, 0.2) is 28.1 Å². The molecule has 1 N–H and O–H groups in total. The smallest absolute Gasteiger partial charge is 0.435 e. The van der Waals surface area contributed by atoms with Crippen molar-refractivity contribution in [1.82, 2.24) is 15.0 Å². The number of anilines is 1. The van der Waals surface area contributed by atoms with Crippen LogP contribution in [0.3, 0.4) is 0 Å². The van der Waals surface area contributed by atoms with Gasteiger partial charge in [0.1, 0.15) is 11.6 Å². The monoisotopic (exact) mass is 556 g/mol. The SMILES string of the molecule is Cc1nc(CN(C)C(=O)Cc2ccc(OCC[C@@H]3C[C@@H]3C3CCN(c4[nH+]c(C(C)C)no4)CC3)cc2F)cs1. The molecule has 3 aromatic rings. The molecule has 5 rings (SSSR count). The lowest BCUT2D eigenvalue weighted by Crippen LogP contribution is -2.37. The van der Waals surface area contributed by atoms with E-state index in [1.54, 1.807) is 35.4 Å². The molecule has 2 atom stereocenters. The molecule has 39 heavy (non-hydrogen) atoms. The van der Waals surface area contributed by atoms with Crippen LogP contribution in [0.4, 0.5) is 10.4 Å². The van der Waals surface area contributed by atoms with E-state index in [4.69, 9.17) is 9.26 Å². The summed E-state index contributed by atoms with van der Waals surface area (Å²) >= 11 is 1.56. The van der Waals surface area contributed by atoms with Crippen molar-refractivity contribution in [3.63, 3.8) is 0 Å². The predicted molar refractivity (Wildman–Crippen MR) is 147 cm³/mol. The summed E-state index contributed by atoms with van der Waals surface area (Å²) in [6, 6.07) is 5.60. The van der Waals surface area contributed by atoms with E-state index < -0.39 is 5.82 Å². The summed E-state index contributed by atoms with van der Waals surface area (Å²) in [5.74, 6) is 3.38. The van der Waals surface area contributed by atoms with Crippen LogP contribution in [0.5, 0.6) is 5.75 Å². The van der Waals surface area contributed by atoms with Gasteiger partial charge in [-0.15, -0.1) is 11.3 Å². The number of carbonyl (C=O) groups is 1. The van der Waals surface area contributed by atoms with Crippen molar-refractivity contribution in [2.75, 3.05) is 31.6 Å².